The SMILES string of the molecule is CCCC(NC(=O)c1cccc(Br)c1)C(=O)N1CCN(CC)CC1. The third-order valence-corrected chi connectivity index (χ3v) is 4.89. The van der Waals surface area contributed by atoms with Crippen molar-refractivity contribution in [3.05, 3.63) is 34.3 Å². The molecule has 1 saturated heterocycles. The van der Waals surface area contributed by atoms with Crippen LogP contribution in [-0.4, -0.2) is 60.4 Å². The summed E-state index contributed by atoms with van der Waals surface area (Å²) in [5.74, 6) is -0.161. The average Bonchev–Trinajstić information content (AvgIpc) is 2.60. The number of nitrogens with zero attached hydrogens (tertiary/aromatic N) is 2. The zero-order valence-electron chi connectivity index (χ0n) is 14.4. The Kier molecular flexibility index (Phi) is 7.24. The first-order valence-corrected chi connectivity index (χ1v) is 9.42. The van der Waals surface area contributed by atoms with Crippen LogP contribution in [0, 0.1) is 0 Å². The van der Waals surface area contributed by atoms with Gasteiger partial charge < -0.3 is 15.1 Å². The van der Waals surface area contributed by atoms with E-state index in [9.17, 15) is 9.59 Å². The molecule has 1 aliphatic rings. The first-order valence-electron chi connectivity index (χ1n) is 8.62. The fourth-order valence-corrected chi connectivity index (χ4v) is 3.32. The molecule has 2 rings (SSSR count). The number of likely N-dealkylation sites (N-methyl/N-ethyl adjacent to an activating group) is 1. The van der Waals surface area contributed by atoms with Crippen LogP contribution in [0.4, 0.5) is 0 Å². The van der Waals surface area contributed by atoms with Gasteiger partial charge in [-0.25, -0.2) is 0 Å². The molecule has 1 heterocycles. The summed E-state index contributed by atoms with van der Waals surface area (Å²) >= 11 is 3.37. The van der Waals surface area contributed by atoms with Gasteiger partial charge in [-0.05, 0) is 31.2 Å². The van der Waals surface area contributed by atoms with Crippen LogP contribution >= 0.6 is 15.9 Å². The van der Waals surface area contributed by atoms with Gasteiger partial charge in [-0.15, -0.1) is 0 Å². The second kappa shape index (κ2) is 9.18. The maximum atomic E-state index is 12.8. The average molecular weight is 396 g/mol. The Morgan fingerprint density at radius 3 is 2.50 bits per heavy atom. The van der Waals surface area contributed by atoms with Gasteiger partial charge in [0, 0.05) is 36.2 Å². The lowest BCUT2D eigenvalue weighted by atomic mass is 10.1. The number of carbonyl (C=O) groups is 2. The summed E-state index contributed by atoms with van der Waals surface area (Å²) in [5.41, 5.74) is 0.564. The Morgan fingerprint density at radius 1 is 1.21 bits per heavy atom. The van der Waals surface area contributed by atoms with Crippen LogP contribution in [0.1, 0.15) is 37.0 Å². The molecule has 5 nitrogen and oxygen atoms in total. The normalized spacial score (nSPS) is 16.7. The van der Waals surface area contributed by atoms with Gasteiger partial charge in [0.05, 0.1) is 0 Å². The quantitative estimate of drug-likeness (QED) is 0.804. The topological polar surface area (TPSA) is 52.7 Å². The van der Waals surface area contributed by atoms with Crippen molar-refractivity contribution in [2.24, 2.45) is 0 Å². The monoisotopic (exact) mass is 395 g/mol. The number of hydrogen-bond acceptors (Lipinski definition) is 3. The highest BCUT2D eigenvalue weighted by atomic mass is 79.9. The van der Waals surface area contributed by atoms with E-state index in [2.05, 4.69) is 33.1 Å². The van der Waals surface area contributed by atoms with E-state index in [1.807, 2.05) is 24.0 Å². The first-order chi connectivity index (χ1) is 11.5. The largest absolute Gasteiger partial charge is 0.340 e. The highest BCUT2D eigenvalue weighted by Gasteiger charge is 2.28. The molecule has 0 aliphatic carbocycles. The van der Waals surface area contributed by atoms with Gasteiger partial charge in [-0.3, -0.25) is 9.59 Å². The van der Waals surface area contributed by atoms with E-state index < -0.39 is 6.04 Å². The van der Waals surface area contributed by atoms with Gasteiger partial charge in [0.15, 0.2) is 0 Å². The Morgan fingerprint density at radius 2 is 1.92 bits per heavy atom. The minimum Gasteiger partial charge on any atom is -0.340 e. The van der Waals surface area contributed by atoms with Gasteiger partial charge in [-0.2, -0.15) is 0 Å². The van der Waals surface area contributed by atoms with Crippen molar-refractivity contribution in [3.8, 4) is 0 Å². The summed E-state index contributed by atoms with van der Waals surface area (Å²) in [6.07, 6.45) is 1.51. The summed E-state index contributed by atoms with van der Waals surface area (Å²) in [4.78, 5) is 29.5. The van der Waals surface area contributed by atoms with Crippen LogP contribution in [0.3, 0.4) is 0 Å². The first kappa shape index (κ1) is 18.9. The summed E-state index contributed by atoms with van der Waals surface area (Å²) in [6, 6.07) is 6.77. The van der Waals surface area contributed by atoms with Crippen molar-refractivity contribution in [2.75, 3.05) is 32.7 Å². The highest BCUT2D eigenvalue weighted by Crippen LogP contribution is 2.13. The standard InChI is InChI=1S/C18H26BrN3O2/c1-3-6-16(18(24)22-11-9-21(4-2)10-12-22)20-17(23)14-7-5-8-15(19)13-14/h5,7-8,13,16H,3-4,6,9-12H2,1-2H3,(H,20,23). The van der Waals surface area contributed by atoms with Crippen LogP contribution in [0.2, 0.25) is 0 Å². The number of piperazine rings is 1. The van der Waals surface area contributed by atoms with Crippen LogP contribution in [0.25, 0.3) is 0 Å². The molecular formula is C18H26BrN3O2. The molecule has 0 radical (unpaired) electrons. The molecule has 1 atom stereocenters. The summed E-state index contributed by atoms with van der Waals surface area (Å²) in [6.45, 7) is 8.46. The molecule has 132 valence electrons. The molecule has 1 aromatic rings. The van der Waals surface area contributed by atoms with Gasteiger partial charge in [0.2, 0.25) is 5.91 Å². The van der Waals surface area contributed by atoms with E-state index in [1.165, 1.54) is 0 Å². The molecule has 2 amide bonds. The summed E-state index contributed by atoms with van der Waals surface area (Å²) in [5, 5.41) is 2.92. The van der Waals surface area contributed by atoms with Crippen molar-refractivity contribution in [3.63, 3.8) is 0 Å². The number of amides is 2. The third kappa shape index (κ3) is 5.05. The van der Waals surface area contributed by atoms with Crippen molar-refractivity contribution in [2.45, 2.75) is 32.7 Å². The van der Waals surface area contributed by atoms with E-state index >= 15 is 0 Å². The fraction of sp³-hybridized carbons (Fsp3) is 0.556. The molecule has 1 aliphatic heterocycles. The molecule has 0 spiro atoms. The minimum atomic E-state index is -0.449. The molecule has 0 bridgehead atoms. The lowest BCUT2D eigenvalue weighted by molar-refractivity contribution is -0.135. The lowest BCUT2D eigenvalue weighted by Gasteiger charge is -2.36. The highest BCUT2D eigenvalue weighted by molar-refractivity contribution is 9.10. The van der Waals surface area contributed by atoms with E-state index in [4.69, 9.17) is 0 Å². The number of nitrogens with one attached hydrogen (secondary N) is 1. The number of benzene rings is 1. The number of hydrogen-bond donors (Lipinski definition) is 1. The van der Waals surface area contributed by atoms with Crippen molar-refractivity contribution in [1.29, 1.82) is 0 Å². The fourth-order valence-electron chi connectivity index (χ4n) is 2.92. The summed E-state index contributed by atoms with van der Waals surface area (Å²) in [7, 11) is 0. The zero-order chi connectivity index (χ0) is 17.5. The van der Waals surface area contributed by atoms with Crippen molar-refractivity contribution < 1.29 is 9.59 Å². The van der Waals surface area contributed by atoms with E-state index in [-0.39, 0.29) is 11.8 Å². The molecule has 1 fully saturated rings. The molecule has 1 unspecified atom stereocenters. The van der Waals surface area contributed by atoms with E-state index in [0.717, 1.165) is 43.6 Å². The molecule has 6 heteroatoms. The van der Waals surface area contributed by atoms with Gasteiger partial charge in [0.1, 0.15) is 6.04 Å². The predicted octanol–water partition coefficient (Wildman–Crippen LogP) is 2.51. The van der Waals surface area contributed by atoms with Crippen LogP contribution < -0.4 is 5.32 Å². The zero-order valence-corrected chi connectivity index (χ0v) is 16.0. The van der Waals surface area contributed by atoms with Crippen LogP contribution in [-0.2, 0) is 4.79 Å². The second-order valence-corrected chi connectivity index (χ2v) is 7.00. The number of carbonyl (C=O) groups excluding carboxylic acids is 2. The number of rotatable bonds is 6. The summed E-state index contributed by atoms with van der Waals surface area (Å²) < 4.78 is 0.851. The Hall–Kier alpha value is -1.40. The molecular weight excluding hydrogens is 370 g/mol. The second-order valence-electron chi connectivity index (χ2n) is 6.08. The Labute approximate surface area is 152 Å². The molecule has 0 aromatic heterocycles. The van der Waals surface area contributed by atoms with Gasteiger partial charge in [-0.1, -0.05) is 42.3 Å². The smallest absolute Gasteiger partial charge is 0.251 e. The van der Waals surface area contributed by atoms with Crippen molar-refractivity contribution >= 4 is 27.7 Å². The van der Waals surface area contributed by atoms with Crippen LogP contribution in [0.5, 0.6) is 0 Å². The predicted molar refractivity (Wildman–Crippen MR) is 99.0 cm³/mol. The Bertz CT molecular complexity index is 571. The van der Waals surface area contributed by atoms with Crippen molar-refractivity contribution in [1.82, 2.24) is 15.1 Å². The molecule has 24 heavy (non-hydrogen) atoms. The third-order valence-electron chi connectivity index (χ3n) is 4.40. The van der Waals surface area contributed by atoms with Gasteiger partial charge >= 0.3 is 0 Å². The van der Waals surface area contributed by atoms with Gasteiger partial charge in [0.25, 0.3) is 5.91 Å². The maximum absolute atomic E-state index is 12.8. The molecule has 1 N–H and O–H groups in total. The lowest BCUT2D eigenvalue weighted by Crippen LogP contribution is -2.54. The number of halogens is 1. The minimum absolute atomic E-state index is 0.0379. The molecule has 0 saturated carbocycles. The van der Waals surface area contributed by atoms with Crippen LogP contribution in [0.15, 0.2) is 28.7 Å². The molecule has 1 aromatic carbocycles. The van der Waals surface area contributed by atoms with E-state index in [1.54, 1.807) is 12.1 Å². The van der Waals surface area contributed by atoms with E-state index in [0.29, 0.717) is 12.0 Å². The Balaban J connectivity index is 2.00. The maximum Gasteiger partial charge on any atom is 0.251 e.